The van der Waals surface area contributed by atoms with Gasteiger partial charge in [-0.15, -0.1) is 0 Å². The van der Waals surface area contributed by atoms with E-state index < -0.39 is 0 Å². The van der Waals surface area contributed by atoms with Crippen molar-refractivity contribution < 1.29 is 4.79 Å². The van der Waals surface area contributed by atoms with E-state index in [1.165, 1.54) is 24.2 Å². The molecule has 8 heteroatoms. The highest BCUT2D eigenvalue weighted by Gasteiger charge is 2.37. The first-order valence-corrected chi connectivity index (χ1v) is 10.7. The quantitative estimate of drug-likeness (QED) is 0.407. The molecule has 1 aromatic carbocycles. The van der Waals surface area contributed by atoms with Crippen molar-refractivity contribution in [3.05, 3.63) is 58.9 Å². The maximum absolute atomic E-state index is 12.8. The lowest BCUT2D eigenvalue weighted by atomic mass is 10.0. The van der Waals surface area contributed by atoms with Gasteiger partial charge >= 0.3 is 0 Å². The van der Waals surface area contributed by atoms with Crippen LogP contribution in [0.3, 0.4) is 0 Å². The van der Waals surface area contributed by atoms with Crippen LogP contribution in [0.4, 0.5) is 16.6 Å². The van der Waals surface area contributed by atoms with Crippen molar-refractivity contribution in [3.63, 3.8) is 0 Å². The van der Waals surface area contributed by atoms with E-state index in [0.29, 0.717) is 15.4 Å². The average molecular weight is 419 g/mol. The number of hydrogen-bond donors (Lipinski definition) is 3. The van der Waals surface area contributed by atoms with Crippen LogP contribution in [-0.2, 0) is 6.42 Å². The van der Waals surface area contributed by atoms with E-state index in [1.807, 2.05) is 31.2 Å². The van der Waals surface area contributed by atoms with Crippen molar-refractivity contribution in [1.29, 1.82) is 0 Å². The first-order valence-electron chi connectivity index (χ1n) is 9.92. The van der Waals surface area contributed by atoms with E-state index >= 15 is 0 Å². The predicted molar refractivity (Wildman–Crippen MR) is 119 cm³/mol. The van der Waals surface area contributed by atoms with E-state index in [1.54, 1.807) is 12.4 Å². The molecule has 5 rings (SSSR count). The number of nitrogens with one attached hydrogen (secondary N) is 3. The number of pyridine rings is 1. The fourth-order valence-electron chi connectivity index (χ4n) is 3.49. The molecule has 0 bridgehead atoms. The molecule has 1 saturated carbocycles. The van der Waals surface area contributed by atoms with Gasteiger partial charge in [0, 0.05) is 11.1 Å². The minimum Gasteiger partial charge on any atom is -0.320 e. The molecule has 0 spiro atoms. The van der Waals surface area contributed by atoms with Gasteiger partial charge in [-0.1, -0.05) is 30.4 Å². The highest BCUT2D eigenvalue weighted by molar-refractivity contribution is 7.17. The van der Waals surface area contributed by atoms with Gasteiger partial charge in [0.2, 0.25) is 0 Å². The fourth-order valence-corrected chi connectivity index (χ4v) is 4.21. The van der Waals surface area contributed by atoms with Gasteiger partial charge < -0.3 is 10.6 Å². The maximum Gasteiger partial charge on any atom is 0.267 e. The minimum absolute atomic E-state index is 0.194. The van der Waals surface area contributed by atoms with E-state index in [2.05, 4.69) is 38.8 Å². The Hall–Kier alpha value is -3.26. The smallest absolute Gasteiger partial charge is 0.267 e. The number of amides is 1. The van der Waals surface area contributed by atoms with Gasteiger partial charge in [-0.05, 0) is 55.4 Å². The molecule has 1 amide bonds. The van der Waals surface area contributed by atoms with E-state index in [4.69, 9.17) is 4.98 Å². The molecule has 0 unspecified atom stereocenters. The summed E-state index contributed by atoms with van der Waals surface area (Å²) in [6, 6.07) is 9.90. The Kier molecular flexibility index (Phi) is 4.51. The second kappa shape index (κ2) is 7.21. The SMILES string of the molecule is Cc1ccc2[nH]ncc2c1NC(=O)c1cnc(Nc2cccc(CC3(C)CC3)n2)s1. The lowest BCUT2D eigenvalue weighted by Gasteiger charge is -2.09. The molecule has 1 aliphatic rings. The van der Waals surface area contributed by atoms with Gasteiger partial charge in [0.15, 0.2) is 5.13 Å². The Balaban J connectivity index is 1.30. The molecule has 4 aromatic rings. The Labute approximate surface area is 178 Å². The van der Waals surface area contributed by atoms with Crippen molar-refractivity contribution in [2.75, 3.05) is 10.6 Å². The normalized spacial score (nSPS) is 14.6. The summed E-state index contributed by atoms with van der Waals surface area (Å²) in [4.78, 5) is 22.4. The third-order valence-electron chi connectivity index (χ3n) is 5.55. The van der Waals surface area contributed by atoms with Crippen molar-refractivity contribution in [3.8, 4) is 0 Å². The molecule has 30 heavy (non-hydrogen) atoms. The van der Waals surface area contributed by atoms with Gasteiger partial charge in [0.1, 0.15) is 10.7 Å². The van der Waals surface area contributed by atoms with Gasteiger partial charge in [-0.3, -0.25) is 9.89 Å². The monoisotopic (exact) mass is 418 g/mol. The summed E-state index contributed by atoms with van der Waals surface area (Å²) in [5.74, 6) is 0.554. The molecule has 3 aromatic heterocycles. The zero-order valence-corrected chi connectivity index (χ0v) is 17.6. The Morgan fingerprint density at radius 3 is 2.93 bits per heavy atom. The van der Waals surface area contributed by atoms with Crippen molar-refractivity contribution in [2.24, 2.45) is 5.41 Å². The number of carbonyl (C=O) groups is 1. The number of nitrogens with zero attached hydrogens (tertiary/aromatic N) is 3. The molecule has 1 aliphatic carbocycles. The molecule has 0 atom stereocenters. The Morgan fingerprint density at radius 2 is 2.10 bits per heavy atom. The summed E-state index contributed by atoms with van der Waals surface area (Å²) >= 11 is 1.30. The topological polar surface area (TPSA) is 95.6 Å². The number of aromatic amines is 1. The molecule has 0 aliphatic heterocycles. The number of fused-ring (bicyclic) bond motifs is 1. The number of benzene rings is 1. The molecule has 0 saturated heterocycles. The van der Waals surface area contributed by atoms with Gasteiger partial charge in [0.25, 0.3) is 5.91 Å². The average Bonchev–Trinajstić information content (AvgIpc) is 3.12. The molecule has 152 valence electrons. The second-order valence-corrected chi connectivity index (χ2v) is 9.23. The second-order valence-electron chi connectivity index (χ2n) is 8.20. The number of aryl methyl sites for hydroxylation is 1. The largest absolute Gasteiger partial charge is 0.320 e. The van der Waals surface area contributed by atoms with Crippen molar-refractivity contribution in [2.45, 2.75) is 33.1 Å². The maximum atomic E-state index is 12.8. The first-order chi connectivity index (χ1) is 14.5. The number of rotatable bonds is 6. The van der Waals surface area contributed by atoms with Gasteiger partial charge in [-0.25, -0.2) is 9.97 Å². The Bertz CT molecular complexity index is 1240. The molecular weight excluding hydrogens is 396 g/mol. The number of thiazole rings is 1. The summed E-state index contributed by atoms with van der Waals surface area (Å²) < 4.78 is 0. The van der Waals surface area contributed by atoms with Crippen LogP contribution in [0.25, 0.3) is 10.9 Å². The van der Waals surface area contributed by atoms with Crippen LogP contribution < -0.4 is 10.6 Å². The molecule has 3 N–H and O–H groups in total. The standard InChI is InChI=1S/C22H22N6OS/c1-13-6-7-16-15(11-24-28-16)19(13)27-20(29)17-12-23-21(30-17)26-18-5-3-4-14(25-18)10-22(2)8-9-22/h3-7,11-12H,8-10H2,1-2H3,(H,24,28)(H,27,29)(H,23,25,26). The third kappa shape index (κ3) is 3.78. The predicted octanol–water partition coefficient (Wildman–Crippen LogP) is 5.06. The lowest BCUT2D eigenvalue weighted by Crippen LogP contribution is -2.11. The van der Waals surface area contributed by atoms with E-state index in [9.17, 15) is 4.79 Å². The van der Waals surface area contributed by atoms with E-state index in [-0.39, 0.29) is 5.91 Å². The van der Waals surface area contributed by atoms with Crippen LogP contribution in [0, 0.1) is 12.3 Å². The molecule has 3 heterocycles. The van der Waals surface area contributed by atoms with Crippen LogP contribution in [0.15, 0.2) is 42.7 Å². The van der Waals surface area contributed by atoms with Crippen LogP contribution in [-0.4, -0.2) is 26.1 Å². The number of carbonyl (C=O) groups excluding carboxylic acids is 1. The highest BCUT2D eigenvalue weighted by Crippen LogP contribution is 2.47. The number of hydrogen-bond acceptors (Lipinski definition) is 6. The zero-order chi connectivity index (χ0) is 20.7. The molecule has 0 radical (unpaired) electrons. The third-order valence-corrected chi connectivity index (χ3v) is 6.47. The number of aromatic nitrogens is 4. The number of H-pyrrole nitrogens is 1. The highest BCUT2D eigenvalue weighted by atomic mass is 32.1. The summed E-state index contributed by atoms with van der Waals surface area (Å²) in [5, 5.41) is 14.7. The van der Waals surface area contributed by atoms with Crippen molar-refractivity contribution >= 4 is 44.8 Å². The summed E-state index contributed by atoms with van der Waals surface area (Å²) in [6.07, 6.45) is 6.83. The minimum atomic E-state index is -0.194. The molecule has 7 nitrogen and oxygen atoms in total. The summed E-state index contributed by atoms with van der Waals surface area (Å²) in [6.45, 7) is 4.26. The van der Waals surface area contributed by atoms with Crippen LogP contribution in [0.2, 0.25) is 0 Å². The van der Waals surface area contributed by atoms with Crippen LogP contribution in [0.5, 0.6) is 0 Å². The van der Waals surface area contributed by atoms with Crippen LogP contribution in [0.1, 0.15) is 40.7 Å². The lowest BCUT2D eigenvalue weighted by molar-refractivity contribution is 0.103. The van der Waals surface area contributed by atoms with E-state index in [0.717, 1.165) is 40.1 Å². The van der Waals surface area contributed by atoms with Gasteiger partial charge in [-0.2, -0.15) is 5.10 Å². The molecule has 1 fully saturated rings. The van der Waals surface area contributed by atoms with Gasteiger partial charge in [0.05, 0.1) is 23.6 Å². The number of anilines is 3. The fraction of sp³-hybridized carbons (Fsp3) is 0.273. The van der Waals surface area contributed by atoms with Crippen molar-refractivity contribution in [1.82, 2.24) is 20.2 Å². The Morgan fingerprint density at radius 1 is 1.23 bits per heavy atom. The summed E-state index contributed by atoms with van der Waals surface area (Å²) in [7, 11) is 0. The zero-order valence-electron chi connectivity index (χ0n) is 16.8. The summed E-state index contributed by atoms with van der Waals surface area (Å²) in [5.41, 5.74) is 4.11. The van der Waals surface area contributed by atoms with Crippen LogP contribution >= 0.6 is 11.3 Å². The first kappa shape index (κ1) is 18.7. The molecular formula is C22H22N6OS.